The van der Waals surface area contributed by atoms with E-state index in [4.69, 9.17) is 4.74 Å². The van der Waals surface area contributed by atoms with Crippen LogP contribution in [0, 0.1) is 0 Å². The SMILES string of the molecule is CCOCc1nc(NC)cc(NCCC(=O)NC)n1. The van der Waals surface area contributed by atoms with E-state index in [-0.39, 0.29) is 5.91 Å². The van der Waals surface area contributed by atoms with Crippen LogP contribution >= 0.6 is 0 Å². The lowest BCUT2D eigenvalue weighted by atomic mass is 10.4. The number of ether oxygens (including phenoxy) is 1. The maximum atomic E-state index is 11.1. The number of nitrogens with zero attached hydrogens (tertiary/aromatic N) is 2. The van der Waals surface area contributed by atoms with Gasteiger partial charge in [-0.2, -0.15) is 0 Å². The van der Waals surface area contributed by atoms with Crippen molar-refractivity contribution in [1.29, 1.82) is 0 Å². The average Bonchev–Trinajstić information content (AvgIpc) is 2.44. The van der Waals surface area contributed by atoms with Gasteiger partial charge in [-0.15, -0.1) is 0 Å². The molecule has 0 aliphatic rings. The number of hydrogen-bond donors (Lipinski definition) is 3. The second-order valence-corrected chi connectivity index (χ2v) is 3.79. The molecule has 1 rings (SSSR count). The van der Waals surface area contributed by atoms with Crippen molar-refractivity contribution in [1.82, 2.24) is 15.3 Å². The Balaban J connectivity index is 2.62. The van der Waals surface area contributed by atoms with Gasteiger partial charge in [0.05, 0.1) is 0 Å². The Bertz CT molecular complexity index is 411. The predicted molar refractivity (Wildman–Crippen MR) is 74.1 cm³/mol. The summed E-state index contributed by atoms with van der Waals surface area (Å²) in [5.41, 5.74) is 0. The first-order valence-corrected chi connectivity index (χ1v) is 6.27. The molecule has 0 spiro atoms. The van der Waals surface area contributed by atoms with Gasteiger partial charge in [-0.05, 0) is 6.92 Å². The average molecular weight is 267 g/mol. The number of carbonyl (C=O) groups excluding carboxylic acids is 1. The highest BCUT2D eigenvalue weighted by molar-refractivity contribution is 5.76. The molecule has 0 saturated heterocycles. The molecule has 0 unspecified atom stereocenters. The zero-order chi connectivity index (χ0) is 14.1. The van der Waals surface area contributed by atoms with Crippen LogP contribution in [-0.2, 0) is 16.1 Å². The van der Waals surface area contributed by atoms with Crippen molar-refractivity contribution in [2.75, 3.05) is 37.9 Å². The van der Waals surface area contributed by atoms with Crippen LogP contribution in [0.5, 0.6) is 0 Å². The van der Waals surface area contributed by atoms with Crippen LogP contribution in [0.25, 0.3) is 0 Å². The normalized spacial score (nSPS) is 10.1. The molecule has 0 bridgehead atoms. The Morgan fingerprint density at radius 2 is 2.05 bits per heavy atom. The Labute approximate surface area is 113 Å². The molecular weight excluding hydrogens is 246 g/mol. The minimum atomic E-state index is -0.00932. The summed E-state index contributed by atoms with van der Waals surface area (Å²) in [6.45, 7) is 3.43. The minimum absolute atomic E-state index is 0.00932. The van der Waals surface area contributed by atoms with E-state index in [0.29, 0.717) is 43.6 Å². The molecule has 3 N–H and O–H groups in total. The zero-order valence-corrected chi connectivity index (χ0v) is 11.6. The van der Waals surface area contributed by atoms with Gasteiger partial charge in [0.25, 0.3) is 0 Å². The molecule has 0 atom stereocenters. The van der Waals surface area contributed by atoms with Gasteiger partial charge in [-0.1, -0.05) is 0 Å². The fourth-order valence-corrected chi connectivity index (χ4v) is 1.40. The van der Waals surface area contributed by atoms with E-state index in [1.54, 1.807) is 20.2 Å². The van der Waals surface area contributed by atoms with Crippen molar-refractivity contribution in [3.05, 3.63) is 11.9 Å². The Kier molecular flexibility index (Phi) is 6.59. The molecular formula is C12H21N5O2. The van der Waals surface area contributed by atoms with Crippen LogP contribution < -0.4 is 16.0 Å². The van der Waals surface area contributed by atoms with Gasteiger partial charge in [-0.25, -0.2) is 9.97 Å². The van der Waals surface area contributed by atoms with Gasteiger partial charge < -0.3 is 20.7 Å². The highest BCUT2D eigenvalue weighted by Crippen LogP contribution is 2.11. The topological polar surface area (TPSA) is 88.2 Å². The number of hydrogen-bond acceptors (Lipinski definition) is 6. The van der Waals surface area contributed by atoms with Crippen molar-refractivity contribution in [3.8, 4) is 0 Å². The first-order valence-electron chi connectivity index (χ1n) is 6.27. The van der Waals surface area contributed by atoms with Gasteiger partial charge in [0.2, 0.25) is 5.91 Å². The minimum Gasteiger partial charge on any atom is -0.374 e. The molecule has 0 aromatic carbocycles. The third-order valence-corrected chi connectivity index (χ3v) is 2.40. The first-order chi connectivity index (χ1) is 9.19. The van der Waals surface area contributed by atoms with Crippen LogP contribution in [0.4, 0.5) is 11.6 Å². The van der Waals surface area contributed by atoms with Crippen molar-refractivity contribution in [2.45, 2.75) is 20.0 Å². The molecule has 7 nitrogen and oxygen atoms in total. The second-order valence-electron chi connectivity index (χ2n) is 3.79. The van der Waals surface area contributed by atoms with Crippen LogP contribution in [-0.4, -0.2) is 43.1 Å². The van der Waals surface area contributed by atoms with E-state index in [9.17, 15) is 4.79 Å². The van der Waals surface area contributed by atoms with Gasteiger partial charge >= 0.3 is 0 Å². The Morgan fingerprint density at radius 3 is 2.68 bits per heavy atom. The summed E-state index contributed by atoms with van der Waals surface area (Å²) >= 11 is 0. The first kappa shape index (κ1) is 15.2. The van der Waals surface area contributed by atoms with Crippen molar-refractivity contribution in [2.24, 2.45) is 0 Å². The highest BCUT2D eigenvalue weighted by Gasteiger charge is 2.04. The van der Waals surface area contributed by atoms with Gasteiger partial charge in [0.15, 0.2) is 5.82 Å². The van der Waals surface area contributed by atoms with Crippen molar-refractivity contribution < 1.29 is 9.53 Å². The number of anilines is 2. The quantitative estimate of drug-likeness (QED) is 0.639. The molecule has 1 heterocycles. The van der Waals surface area contributed by atoms with E-state index < -0.39 is 0 Å². The fourth-order valence-electron chi connectivity index (χ4n) is 1.40. The molecule has 106 valence electrons. The monoisotopic (exact) mass is 267 g/mol. The lowest BCUT2D eigenvalue weighted by Crippen LogP contribution is -2.21. The molecule has 0 aliphatic carbocycles. The lowest BCUT2D eigenvalue weighted by Gasteiger charge is -2.09. The summed E-state index contributed by atoms with van der Waals surface area (Å²) in [6.07, 6.45) is 0.399. The van der Waals surface area contributed by atoms with Crippen LogP contribution in [0.3, 0.4) is 0 Å². The van der Waals surface area contributed by atoms with Gasteiger partial charge in [-0.3, -0.25) is 4.79 Å². The van der Waals surface area contributed by atoms with E-state index in [1.807, 2.05) is 6.92 Å². The maximum Gasteiger partial charge on any atom is 0.221 e. The third kappa shape index (κ3) is 5.52. The summed E-state index contributed by atoms with van der Waals surface area (Å²) < 4.78 is 5.29. The highest BCUT2D eigenvalue weighted by atomic mass is 16.5. The van der Waals surface area contributed by atoms with Crippen molar-refractivity contribution in [3.63, 3.8) is 0 Å². The number of carbonyl (C=O) groups is 1. The maximum absolute atomic E-state index is 11.1. The lowest BCUT2D eigenvalue weighted by molar-refractivity contribution is -0.120. The summed E-state index contributed by atoms with van der Waals surface area (Å²) in [5.74, 6) is 1.99. The van der Waals surface area contributed by atoms with Gasteiger partial charge in [0.1, 0.15) is 18.2 Å². The summed E-state index contributed by atoms with van der Waals surface area (Å²) in [4.78, 5) is 19.7. The van der Waals surface area contributed by atoms with Crippen molar-refractivity contribution >= 4 is 17.5 Å². The number of aromatic nitrogens is 2. The standard InChI is InChI=1S/C12H21N5O2/c1-4-19-8-11-16-9(13-2)7-10(17-11)15-6-5-12(18)14-3/h7H,4-6,8H2,1-3H3,(H,14,18)(H2,13,15,16,17). The largest absolute Gasteiger partial charge is 0.374 e. The fraction of sp³-hybridized carbons (Fsp3) is 0.583. The Morgan fingerprint density at radius 1 is 1.32 bits per heavy atom. The molecule has 1 aromatic heterocycles. The van der Waals surface area contributed by atoms with Crippen LogP contribution in [0.15, 0.2) is 6.07 Å². The number of rotatable bonds is 8. The van der Waals surface area contributed by atoms with Crippen LogP contribution in [0.1, 0.15) is 19.2 Å². The molecule has 0 saturated carbocycles. The molecule has 1 amide bonds. The van der Waals surface area contributed by atoms with E-state index in [0.717, 1.165) is 0 Å². The molecule has 1 aromatic rings. The summed E-state index contributed by atoms with van der Waals surface area (Å²) in [6, 6.07) is 1.79. The zero-order valence-electron chi connectivity index (χ0n) is 11.6. The van der Waals surface area contributed by atoms with E-state index in [2.05, 4.69) is 25.9 Å². The molecule has 0 aliphatic heterocycles. The smallest absolute Gasteiger partial charge is 0.221 e. The molecule has 7 heteroatoms. The van der Waals surface area contributed by atoms with Crippen LogP contribution in [0.2, 0.25) is 0 Å². The van der Waals surface area contributed by atoms with Gasteiger partial charge in [0, 0.05) is 39.7 Å². The third-order valence-electron chi connectivity index (χ3n) is 2.40. The second kappa shape index (κ2) is 8.25. The number of amides is 1. The molecule has 19 heavy (non-hydrogen) atoms. The van der Waals surface area contributed by atoms with E-state index in [1.165, 1.54) is 0 Å². The number of nitrogens with one attached hydrogen (secondary N) is 3. The molecule has 0 radical (unpaired) electrons. The Hall–Kier alpha value is -1.89. The molecule has 0 fully saturated rings. The predicted octanol–water partition coefficient (Wildman–Crippen LogP) is 0.603. The van der Waals surface area contributed by atoms with E-state index >= 15 is 0 Å². The summed E-state index contributed by atoms with van der Waals surface area (Å²) in [5, 5.41) is 8.63. The summed E-state index contributed by atoms with van der Waals surface area (Å²) in [7, 11) is 3.41.